The Labute approximate surface area is 161 Å². The van der Waals surface area contributed by atoms with Gasteiger partial charge in [-0.3, -0.25) is 9.36 Å². The molecule has 2 saturated heterocycles. The zero-order valence-electron chi connectivity index (χ0n) is 16.8. The molecule has 0 atom stereocenters. The first-order valence-corrected chi connectivity index (χ1v) is 9.92. The summed E-state index contributed by atoms with van der Waals surface area (Å²) in [4.78, 5) is 19.2. The molecule has 0 spiro atoms. The maximum atomic E-state index is 12.4. The van der Waals surface area contributed by atoms with E-state index in [0.717, 1.165) is 31.6 Å². The number of aliphatic hydroxyl groups is 1. The second-order valence-corrected chi connectivity index (χ2v) is 9.06. The highest BCUT2D eigenvalue weighted by molar-refractivity contribution is 5.10. The van der Waals surface area contributed by atoms with Gasteiger partial charge in [-0.25, -0.2) is 4.98 Å². The van der Waals surface area contributed by atoms with Crippen molar-refractivity contribution in [3.8, 4) is 0 Å². The Morgan fingerprint density at radius 3 is 2.41 bits per heavy atom. The molecule has 2 aliphatic heterocycles. The Morgan fingerprint density at radius 1 is 1.22 bits per heavy atom. The number of nitrogens with zero attached hydrogens (tertiary/aromatic N) is 3. The summed E-state index contributed by atoms with van der Waals surface area (Å²) in [5.74, 6) is 0.456. The van der Waals surface area contributed by atoms with E-state index in [2.05, 4.69) is 30.7 Å². The van der Waals surface area contributed by atoms with Crippen LogP contribution in [0.2, 0.25) is 0 Å². The standard InChI is InChI=1S/C20H33N3O4/c1-19(2,3)17-10-18(24)23(15-21-17)11-16-4-6-22(7-5-16)12-20(25)13-26-8-9-27-14-20/h10,15-16,25H,4-9,11-14H2,1-3H3. The average molecular weight is 380 g/mol. The van der Waals surface area contributed by atoms with Crippen LogP contribution in [0.5, 0.6) is 0 Å². The second kappa shape index (κ2) is 8.39. The van der Waals surface area contributed by atoms with Crippen LogP contribution in [-0.4, -0.2) is 71.2 Å². The third kappa shape index (κ3) is 5.60. The van der Waals surface area contributed by atoms with Crippen molar-refractivity contribution in [3.63, 3.8) is 0 Å². The average Bonchev–Trinajstić information content (AvgIpc) is 2.82. The minimum Gasteiger partial charge on any atom is -0.384 e. The smallest absolute Gasteiger partial charge is 0.253 e. The predicted molar refractivity (Wildman–Crippen MR) is 103 cm³/mol. The number of β-amino-alcohol motifs (C(OH)–C–C–N with tert-alkyl or cyclic N) is 1. The van der Waals surface area contributed by atoms with Crippen LogP contribution in [0.15, 0.2) is 17.2 Å². The van der Waals surface area contributed by atoms with E-state index in [1.54, 1.807) is 17.0 Å². The molecule has 3 heterocycles. The molecule has 0 aliphatic carbocycles. The molecule has 1 aromatic heterocycles. The number of ether oxygens (including phenoxy) is 2. The molecular weight excluding hydrogens is 346 g/mol. The number of aromatic nitrogens is 2. The lowest BCUT2D eigenvalue weighted by Crippen LogP contribution is -2.51. The molecule has 0 radical (unpaired) electrons. The van der Waals surface area contributed by atoms with Crippen LogP contribution in [0, 0.1) is 5.92 Å². The van der Waals surface area contributed by atoms with E-state index in [-0.39, 0.29) is 11.0 Å². The first-order valence-electron chi connectivity index (χ1n) is 9.92. The second-order valence-electron chi connectivity index (χ2n) is 9.06. The van der Waals surface area contributed by atoms with Crippen molar-refractivity contribution in [3.05, 3.63) is 28.4 Å². The van der Waals surface area contributed by atoms with Gasteiger partial charge in [-0.2, -0.15) is 0 Å². The van der Waals surface area contributed by atoms with Gasteiger partial charge in [0.1, 0.15) is 5.60 Å². The molecule has 7 nitrogen and oxygen atoms in total. The van der Waals surface area contributed by atoms with Gasteiger partial charge in [0.05, 0.1) is 38.4 Å². The lowest BCUT2D eigenvalue weighted by Gasteiger charge is -2.37. The molecule has 0 unspecified atom stereocenters. The molecular formula is C20H33N3O4. The van der Waals surface area contributed by atoms with E-state index < -0.39 is 5.60 Å². The number of piperidine rings is 1. The Morgan fingerprint density at radius 2 is 1.85 bits per heavy atom. The van der Waals surface area contributed by atoms with Gasteiger partial charge in [-0.1, -0.05) is 20.8 Å². The molecule has 152 valence electrons. The highest BCUT2D eigenvalue weighted by Crippen LogP contribution is 2.22. The first kappa shape index (κ1) is 20.5. The van der Waals surface area contributed by atoms with E-state index in [1.807, 2.05) is 0 Å². The summed E-state index contributed by atoms with van der Waals surface area (Å²) in [6.45, 7) is 11.0. The Balaban J connectivity index is 1.52. The number of hydrogen-bond acceptors (Lipinski definition) is 6. The maximum Gasteiger partial charge on any atom is 0.253 e. The first-order chi connectivity index (χ1) is 12.8. The molecule has 3 rings (SSSR count). The highest BCUT2D eigenvalue weighted by Gasteiger charge is 2.33. The normalized spacial score (nSPS) is 22.5. The quantitative estimate of drug-likeness (QED) is 0.842. The molecule has 7 heteroatoms. The SMILES string of the molecule is CC(C)(C)c1cc(=O)n(CC2CCN(CC3(O)COCCOC3)CC2)cn1. The van der Waals surface area contributed by atoms with Gasteiger partial charge in [0.25, 0.3) is 5.56 Å². The fraction of sp³-hybridized carbons (Fsp3) is 0.800. The summed E-state index contributed by atoms with van der Waals surface area (Å²) in [5.41, 5.74) is -0.179. The Bertz CT molecular complexity index is 667. The highest BCUT2D eigenvalue weighted by atomic mass is 16.6. The molecule has 27 heavy (non-hydrogen) atoms. The van der Waals surface area contributed by atoms with E-state index in [0.29, 0.717) is 45.4 Å². The van der Waals surface area contributed by atoms with Crippen molar-refractivity contribution < 1.29 is 14.6 Å². The van der Waals surface area contributed by atoms with E-state index in [1.165, 1.54) is 0 Å². The summed E-state index contributed by atoms with van der Waals surface area (Å²) in [7, 11) is 0. The molecule has 0 saturated carbocycles. The lowest BCUT2D eigenvalue weighted by molar-refractivity contribution is -0.0780. The molecule has 0 aromatic carbocycles. The number of rotatable bonds is 4. The van der Waals surface area contributed by atoms with Crippen molar-refractivity contribution in [2.45, 2.75) is 51.2 Å². The largest absolute Gasteiger partial charge is 0.384 e. The molecule has 0 amide bonds. The third-order valence-electron chi connectivity index (χ3n) is 5.44. The number of hydrogen-bond donors (Lipinski definition) is 1. The van der Waals surface area contributed by atoms with Crippen molar-refractivity contribution in [1.82, 2.24) is 14.5 Å². The molecule has 1 aromatic rings. The van der Waals surface area contributed by atoms with Crippen LogP contribution < -0.4 is 5.56 Å². The zero-order chi connectivity index (χ0) is 19.5. The van der Waals surface area contributed by atoms with E-state index in [4.69, 9.17) is 9.47 Å². The monoisotopic (exact) mass is 379 g/mol. The zero-order valence-corrected chi connectivity index (χ0v) is 16.8. The Kier molecular flexibility index (Phi) is 6.35. The van der Waals surface area contributed by atoms with Crippen LogP contribution >= 0.6 is 0 Å². The van der Waals surface area contributed by atoms with Gasteiger partial charge >= 0.3 is 0 Å². The van der Waals surface area contributed by atoms with Gasteiger partial charge in [0, 0.05) is 24.6 Å². The minimum absolute atomic E-state index is 0.0272. The predicted octanol–water partition coefficient (Wildman–Crippen LogP) is 1.03. The van der Waals surface area contributed by atoms with E-state index >= 15 is 0 Å². The van der Waals surface area contributed by atoms with Gasteiger partial charge in [-0.15, -0.1) is 0 Å². The molecule has 1 N–H and O–H groups in total. The summed E-state index contributed by atoms with van der Waals surface area (Å²) < 4.78 is 12.6. The third-order valence-corrected chi connectivity index (χ3v) is 5.44. The molecule has 2 aliphatic rings. The fourth-order valence-corrected chi connectivity index (χ4v) is 3.77. The van der Waals surface area contributed by atoms with Crippen molar-refractivity contribution in [1.29, 1.82) is 0 Å². The van der Waals surface area contributed by atoms with Gasteiger partial charge in [0.2, 0.25) is 0 Å². The molecule has 0 bridgehead atoms. The minimum atomic E-state index is -0.924. The maximum absolute atomic E-state index is 12.4. The van der Waals surface area contributed by atoms with Crippen molar-refractivity contribution in [2.75, 3.05) is 46.1 Å². The van der Waals surface area contributed by atoms with E-state index in [9.17, 15) is 9.90 Å². The lowest BCUT2D eigenvalue weighted by atomic mass is 9.92. The number of likely N-dealkylation sites (tertiary alicyclic amines) is 1. The summed E-state index contributed by atoms with van der Waals surface area (Å²) in [6.07, 6.45) is 3.70. The van der Waals surface area contributed by atoms with Gasteiger partial charge in [-0.05, 0) is 31.8 Å². The fourth-order valence-electron chi connectivity index (χ4n) is 3.77. The van der Waals surface area contributed by atoms with Gasteiger partial charge < -0.3 is 19.5 Å². The summed E-state index contributed by atoms with van der Waals surface area (Å²) >= 11 is 0. The Hall–Kier alpha value is -1.28. The van der Waals surface area contributed by atoms with Crippen LogP contribution in [0.25, 0.3) is 0 Å². The summed E-state index contributed by atoms with van der Waals surface area (Å²) in [5, 5.41) is 10.7. The summed E-state index contributed by atoms with van der Waals surface area (Å²) in [6, 6.07) is 1.66. The van der Waals surface area contributed by atoms with Crippen LogP contribution in [0.3, 0.4) is 0 Å². The van der Waals surface area contributed by atoms with Crippen LogP contribution in [0.1, 0.15) is 39.3 Å². The van der Waals surface area contributed by atoms with Crippen LogP contribution in [-0.2, 0) is 21.4 Å². The van der Waals surface area contributed by atoms with Gasteiger partial charge in [0.15, 0.2) is 0 Å². The molecule has 2 fully saturated rings. The topological polar surface area (TPSA) is 76.8 Å². The van der Waals surface area contributed by atoms with Crippen molar-refractivity contribution in [2.24, 2.45) is 5.92 Å². The van der Waals surface area contributed by atoms with Crippen LogP contribution in [0.4, 0.5) is 0 Å². The van der Waals surface area contributed by atoms with Crippen molar-refractivity contribution >= 4 is 0 Å².